The molecule has 0 aliphatic carbocycles. The van der Waals surface area contributed by atoms with Crippen LogP contribution < -0.4 is 11.1 Å². The molecular weight excluding hydrogens is 264 g/mol. The fourth-order valence-electron chi connectivity index (χ4n) is 2.27. The largest absolute Gasteiger partial charge is 0.353 e. The Labute approximate surface area is 125 Å². The highest BCUT2D eigenvalue weighted by atomic mass is 16.2. The fourth-order valence-corrected chi connectivity index (χ4v) is 2.27. The van der Waals surface area contributed by atoms with Gasteiger partial charge in [-0.15, -0.1) is 0 Å². The van der Waals surface area contributed by atoms with Crippen LogP contribution >= 0.6 is 0 Å². The Morgan fingerprint density at radius 2 is 2.05 bits per heavy atom. The topological polar surface area (TPSA) is 72.9 Å². The average Bonchev–Trinajstić information content (AvgIpc) is 2.73. The van der Waals surface area contributed by atoms with E-state index in [4.69, 9.17) is 5.73 Å². The first-order valence-corrected chi connectivity index (χ1v) is 7.26. The first-order chi connectivity index (χ1) is 9.80. The quantitative estimate of drug-likeness (QED) is 0.901. The predicted octanol–water partition coefficient (Wildman–Crippen LogP) is 1.83. The summed E-state index contributed by atoms with van der Waals surface area (Å²) >= 11 is 0. The summed E-state index contributed by atoms with van der Waals surface area (Å²) in [7, 11) is 0. The van der Waals surface area contributed by atoms with Crippen LogP contribution in [0.3, 0.4) is 0 Å². The molecule has 0 saturated carbocycles. The maximum Gasteiger partial charge on any atom is 0.237 e. The normalized spacial score (nSPS) is 13.4. The Morgan fingerprint density at radius 1 is 1.38 bits per heavy atom. The van der Waals surface area contributed by atoms with E-state index in [1.165, 1.54) is 0 Å². The van der Waals surface area contributed by atoms with E-state index in [2.05, 4.69) is 14.9 Å². The minimum absolute atomic E-state index is 0.107. The third-order valence-electron chi connectivity index (χ3n) is 3.70. The zero-order chi connectivity index (χ0) is 15.6. The van der Waals surface area contributed by atoms with E-state index in [1.54, 1.807) is 0 Å². The second-order valence-electron chi connectivity index (χ2n) is 6.43. The van der Waals surface area contributed by atoms with Crippen molar-refractivity contribution in [1.29, 1.82) is 0 Å². The Morgan fingerprint density at radius 3 is 2.71 bits per heavy atom. The van der Waals surface area contributed by atoms with E-state index < -0.39 is 6.04 Å². The number of amides is 1. The summed E-state index contributed by atoms with van der Waals surface area (Å²) in [6.07, 6.45) is 0. The molecule has 3 N–H and O–H groups in total. The van der Waals surface area contributed by atoms with Crippen LogP contribution in [-0.4, -0.2) is 28.0 Å². The van der Waals surface area contributed by atoms with Gasteiger partial charge < -0.3 is 15.6 Å². The molecule has 5 heteroatoms. The number of aromatic nitrogens is 2. The van der Waals surface area contributed by atoms with Gasteiger partial charge in [-0.3, -0.25) is 4.79 Å². The van der Waals surface area contributed by atoms with Crippen molar-refractivity contribution >= 4 is 16.9 Å². The number of carbonyl (C=O) groups is 1. The zero-order valence-electron chi connectivity index (χ0n) is 13.2. The number of hydrogen-bond acceptors (Lipinski definition) is 3. The molecule has 114 valence electrons. The second-order valence-corrected chi connectivity index (χ2v) is 6.43. The second kappa shape index (κ2) is 5.85. The Kier molecular flexibility index (Phi) is 4.32. The molecule has 0 bridgehead atoms. The van der Waals surface area contributed by atoms with E-state index in [9.17, 15) is 4.79 Å². The smallest absolute Gasteiger partial charge is 0.237 e. The molecule has 0 radical (unpaired) electrons. The maximum atomic E-state index is 12.0. The summed E-state index contributed by atoms with van der Waals surface area (Å²) in [4.78, 5) is 16.5. The van der Waals surface area contributed by atoms with Crippen molar-refractivity contribution in [2.24, 2.45) is 11.1 Å². The monoisotopic (exact) mass is 288 g/mol. The van der Waals surface area contributed by atoms with Crippen LogP contribution in [-0.2, 0) is 11.3 Å². The van der Waals surface area contributed by atoms with Gasteiger partial charge in [-0.2, -0.15) is 0 Å². The molecule has 0 spiro atoms. The molecule has 0 aliphatic rings. The molecule has 1 aromatic carbocycles. The van der Waals surface area contributed by atoms with Gasteiger partial charge in [0.1, 0.15) is 5.82 Å². The summed E-state index contributed by atoms with van der Waals surface area (Å²) in [5.41, 5.74) is 7.78. The van der Waals surface area contributed by atoms with Gasteiger partial charge in [0.25, 0.3) is 0 Å². The Hall–Kier alpha value is -1.88. The van der Waals surface area contributed by atoms with Crippen molar-refractivity contribution in [1.82, 2.24) is 14.9 Å². The minimum atomic E-state index is -0.502. The summed E-state index contributed by atoms with van der Waals surface area (Å²) in [6.45, 7) is 9.10. The van der Waals surface area contributed by atoms with Crippen LogP contribution in [0.25, 0.3) is 11.0 Å². The third kappa shape index (κ3) is 3.42. The number of hydrogen-bond donors (Lipinski definition) is 2. The number of carbonyl (C=O) groups excluding carboxylic acids is 1. The van der Waals surface area contributed by atoms with Crippen molar-refractivity contribution in [2.75, 3.05) is 6.54 Å². The summed E-state index contributed by atoms with van der Waals surface area (Å²) in [5, 5.41) is 2.91. The van der Waals surface area contributed by atoms with Gasteiger partial charge in [0.05, 0.1) is 17.1 Å². The van der Waals surface area contributed by atoms with Gasteiger partial charge >= 0.3 is 0 Å². The summed E-state index contributed by atoms with van der Waals surface area (Å²) < 4.78 is 2.11. The molecule has 2 rings (SSSR count). The van der Waals surface area contributed by atoms with Crippen molar-refractivity contribution in [3.63, 3.8) is 0 Å². The minimum Gasteiger partial charge on any atom is -0.353 e. The first kappa shape index (κ1) is 15.5. The Balaban J connectivity index is 2.00. The molecular formula is C16H24N4O. The fraction of sp³-hybridized carbons (Fsp3) is 0.500. The van der Waals surface area contributed by atoms with Crippen LogP contribution in [0.1, 0.15) is 26.6 Å². The number of nitrogens with two attached hydrogens (primary N) is 1. The van der Waals surface area contributed by atoms with Crippen LogP contribution in [0.5, 0.6) is 0 Å². The van der Waals surface area contributed by atoms with Gasteiger partial charge in [-0.1, -0.05) is 32.9 Å². The van der Waals surface area contributed by atoms with Crippen molar-refractivity contribution < 1.29 is 4.79 Å². The van der Waals surface area contributed by atoms with E-state index in [0.29, 0.717) is 13.1 Å². The number of rotatable bonds is 4. The molecule has 0 saturated heterocycles. The molecule has 0 aliphatic heterocycles. The molecule has 0 unspecified atom stereocenters. The lowest BCUT2D eigenvalue weighted by Crippen LogP contribution is -2.49. The highest BCUT2D eigenvalue weighted by Crippen LogP contribution is 2.17. The lowest BCUT2D eigenvalue weighted by atomic mass is 9.87. The first-order valence-electron chi connectivity index (χ1n) is 7.26. The highest BCUT2D eigenvalue weighted by molar-refractivity contribution is 5.82. The van der Waals surface area contributed by atoms with E-state index >= 15 is 0 Å². The Bertz CT molecular complexity index is 639. The lowest BCUT2D eigenvalue weighted by molar-refractivity contribution is -0.124. The number of aryl methyl sites for hydroxylation is 1. The van der Waals surface area contributed by atoms with E-state index in [1.807, 2.05) is 52.0 Å². The van der Waals surface area contributed by atoms with Crippen LogP contribution in [0.2, 0.25) is 0 Å². The van der Waals surface area contributed by atoms with E-state index in [0.717, 1.165) is 16.9 Å². The van der Waals surface area contributed by atoms with Gasteiger partial charge in [-0.25, -0.2) is 4.98 Å². The molecule has 5 nitrogen and oxygen atoms in total. The SMILES string of the molecule is Cc1nc2ccccc2n1CCNC(=O)[C@H](N)C(C)(C)C. The zero-order valence-corrected chi connectivity index (χ0v) is 13.2. The van der Waals surface area contributed by atoms with E-state index in [-0.39, 0.29) is 11.3 Å². The predicted molar refractivity (Wildman–Crippen MR) is 84.9 cm³/mol. The van der Waals surface area contributed by atoms with Gasteiger partial charge in [-0.05, 0) is 24.5 Å². The van der Waals surface area contributed by atoms with Crippen molar-refractivity contribution in [2.45, 2.75) is 40.3 Å². The molecule has 0 fully saturated rings. The average molecular weight is 288 g/mol. The molecule has 1 heterocycles. The van der Waals surface area contributed by atoms with Gasteiger partial charge in [0.15, 0.2) is 0 Å². The van der Waals surface area contributed by atoms with Crippen molar-refractivity contribution in [3.05, 3.63) is 30.1 Å². The molecule has 1 amide bonds. The highest BCUT2D eigenvalue weighted by Gasteiger charge is 2.27. The third-order valence-corrected chi connectivity index (χ3v) is 3.70. The standard InChI is InChI=1S/C16H24N4O/c1-11-19-12-7-5-6-8-13(12)20(11)10-9-18-15(21)14(17)16(2,3)4/h5-8,14H,9-10,17H2,1-4H3,(H,18,21)/t14-/m0/s1. The number of fused-ring (bicyclic) bond motifs is 1. The van der Waals surface area contributed by atoms with Crippen LogP contribution in [0, 0.1) is 12.3 Å². The summed E-state index contributed by atoms with van der Waals surface area (Å²) in [6, 6.07) is 7.50. The molecule has 1 atom stereocenters. The van der Waals surface area contributed by atoms with Gasteiger partial charge in [0.2, 0.25) is 5.91 Å². The van der Waals surface area contributed by atoms with Crippen LogP contribution in [0.4, 0.5) is 0 Å². The number of nitrogens with zero attached hydrogens (tertiary/aromatic N) is 2. The number of benzene rings is 1. The molecule has 1 aromatic heterocycles. The maximum absolute atomic E-state index is 12.0. The van der Waals surface area contributed by atoms with Gasteiger partial charge in [0, 0.05) is 13.1 Å². The lowest BCUT2D eigenvalue weighted by Gasteiger charge is -2.25. The number of para-hydroxylation sites is 2. The molecule has 21 heavy (non-hydrogen) atoms. The van der Waals surface area contributed by atoms with Crippen molar-refractivity contribution in [3.8, 4) is 0 Å². The number of nitrogens with one attached hydrogen (secondary N) is 1. The summed E-state index contributed by atoms with van der Waals surface area (Å²) in [5.74, 6) is 0.843. The van der Waals surface area contributed by atoms with Crippen LogP contribution in [0.15, 0.2) is 24.3 Å². The number of imidazole rings is 1. The molecule has 2 aromatic rings.